The van der Waals surface area contributed by atoms with E-state index in [0.29, 0.717) is 18.6 Å². The number of nitrogens with two attached hydrogens (primary N) is 1. The summed E-state index contributed by atoms with van der Waals surface area (Å²) in [6, 6.07) is 4.01. The molecule has 12 heteroatoms. The maximum absolute atomic E-state index is 13.0. The minimum Gasteiger partial charge on any atom is -0.497 e. The summed E-state index contributed by atoms with van der Waals surface area (Å²) in [5, 5.41) is 4.91. The fourth-order valence-corrected chi connectivity index (χ4v) is 4.76. The minimum absolute atomic E-state index is 0.0236. The molecule has 1 aliphatic rings. The van der Waals surface area contributed by atoms with Crippen LogP contribution in [-0.2, 0) is 34.1 Å². The van der Waals surface area contributed by atoms with Crippen molar-refractivity contribution in [1.82, 2.24) is 4.47 Å². The number of sulfonamides is 1. The number of carbonyl (C=O) groups excluding carboxylic acids is 1. The molecule has 1 aliphatic carbocycles. The maximum atomic E-state index is 13.0. The SMILES string of the molecule is COC(=O)C1=CCCC[C@H]1N(OS(N)(=O)=O)S(=O)(=O)c1ccc(OC)cc1. The van der Waals surface area contributed by atoms with Crippen LogP contribution < -0.4 is 9.88 Å². The van der Waals surface area contributed by atoms with Crippen LogP contribution in [0.3, 0.4) is 0 Å². The first kappa shape index (κ1) is 21.3. The van der Waals surface area contributed by atoms with Gasteiger partial charge in [-0.05, 0) is 43.5 Å². The quantitative estimate of drug-likeness (QED) is 0.495. The second-order valence-electron chi connectivity index (χ2n) is 5.60. The lowest BCUT2D eigenvalue weighted by Gasteiger charge is -2.31. The number of ether oxygens (including phenoxy) is 2. The molecule has 0 spiro atoms. The number of hydrogen-bond donors (Lipinski definition) is 1. The lowest BCUT2D eigenvalue weighted by molar-refractivity contribution is -0.137. The van der Waals surface area contributed by atoms with Crippen LogP contribution in [0.5, 0.6) is 5.75 Å². The van der Waals surface area contributed by atoms with Crippen LogP contribution >= 0.6 is 0 Å². The van der Waals surface area contributed by atoms with E-state index >= 15 is 0 Å². The predicted octanol–water partition coefficient (Wildman–Crippen LogP) is 0.473. The second kappa shape index (κ2) is 8.35. The van der Waals surface area contributed by atoms with E-state index in [2.05, 4.69) is 9.02 Å². The van der Waals surface area contributed by atoms with Crippen molar-refractivity contribution in [1.29, 1.82) is 0 Å². The Balaban J connectivity index is 2.54. The summed E-state index contributed by atoms with van der Waals surface area (Å²) < 4.78 is 63.5. The summed E-state index contributed by atoms with van der Waals surface area (Å²) >= 11 is 0. The first-order valence-electron chi connectivity index (χ1n) is 7.79. The van der Waals surface area contributed by atoms with Gasteiger partial charge in [0.15, 0.2) is 0 Å². The van der Waals surface area contributed by atoms with Crippen molar-refractivity contribution in [2.75, 3.05) is 14.2 Å². The maximum Gasteiger partial charge on any atom is 0.350 e. The van der Waals surface area contributed by atoms with E-state index in [9.17, 15) is 21.6 Å². The zero-order valence-electron chi connectivity index (χ0n) is 14.7. The van der Waals surface area contributed by atoms with Gasteiger partial charge in [-0.3, -0.25) is 0 Å². The number of hydrogen-bond acceptors (Lipinski definition) is 8. The standard InChI is InChI=1S/C15H20N2O8S2/c1-23-11-7-9-12(10-8-11)26(19,20)17(25-27(16,21)22)14-6-4-3-5-13(14)15(18)24-2/h5,7-10,14H,3-4,6H2,1-2H3,(H2,16,21,22)/t14-/m1/s1. The minimum atomic E-state index is -4.69. The average molecular weight is 420 g/mol. The van der Waals surface area contributed by atoms with E-state index in [1.54, 1.807) is 0 Å². The molecular weight excluding hydrogens is 400 g/mol. The summed E-state index contributed by atoms with van der Waals surface area (Å²) in [6.45, 7) is 0. The molecule has 150 valence electrons. The number of carbonyl (C=O) groups is 1. The van der Waals surface area contributed by atoms with Crippen LogP contribution in [0.4, 0.5) is 0 Å². The van der Waals surface area contributed by atoms with Gasteiger partial charge in [0.05, 0.1) is 30.7 Å². The molecule has 0 fully saturated rings. The molecule has 1 atom stereocenters. The monoisotopic (exact) mass is 420 g/mol. The highest BCUT2D eigenvalue weighted by molar-refractivity contribution is 7.90. The molecule has 0 amide bonds. The number of allylic oxidation sites excluding steroid dienone is 1. The topological polar surface area (TPSA) is 142 Å². The normalized spacial score (nSPS) is 18.1. The second-order valence-corrected chi connectivity index (χ2v) is 8.52. The highest BCUT2D eigenvalue weighted by Crippen LogP contribution is 2.30. The van der Waals surface area contributed by atoms with Crippen LogP contribution in [0, 0.1) is 0 Å². The molecule has 0 heterocycles. The van der Waals surface area contributed by atoms with E-state index in [-0.39, 0.29) is 21.4 Å². The van der Waals surface area contributed by atoms with E-state index in [1.807, 2.05) is 0 Å². The third-order valence-electron chi connectivity index (χ3n) is 3.85. The van der Waals surface area contributed by atoms with Crippen LogP contribution in [0.2, 0.25) is 0 Å². The predicted molar refractivity (Wildman–Crippen MR) is 93.9 cm³/mol. The molecule has 2 rings (SSSR count). The largest absolute Gasteiger partial charge is 0.497 e. The first-order valence-corrected chi connectivity index (χ1v) is 10.7. The van der Waals surface area contributed by atoms with Gasteiger partial charge in [-0.25, -0.2) is 18.4 Å². The summed E-state index contributed by atoms with van der Waals surface area (Å²) in [4.78, 5) is 11.8. The molecule has 0 saturated carbocycles. The molecule has 0 unspecified atom stereocenters. The van der Waals surface area contributed by atoms with Crippen molar-refractivity contribution in [3.05, 3.63) is 35.9 Å². The van der Waals surface area contributed by atoms with E-state index < -0.39 is 32.3 Å². The molecule has 27 heavy (non-hydrogen) atoms. The molecule has 1 aromatic carbocycles. The van der Waals surface area contributed by atoms with Crippen molar-refractivity contribution < 1.29 is 35.4 Å². The molecule has 2 N–H and O–H groups in total. The van der Waals surface area contributed by atoms with Gasteiger partial charge >= 0.3 is 16.3 Å². The third kappa shape index (κ3) is 5.05. The summed E-state index contributed by atoms with van der Waals surface area (Å²) in [5.74, 6) is -0.381. The van der Waals surface area contributed by atoms with E-state index in [1.165, 1.54) is 37.5 Å². The Bertz CT molecular complexity index is 923. The molecule has 10 nitrogen and oxygen atoms in total. The molecular formula is C15H20N2O8S2. The zero-order valence-corrected chi connectivity index (χ0v) is 16.3. The number of nitrogens with zero attached hydrogens (tertiary/aromatic N) is 1. The van der Waals surface area contributed by atoms with Gasteiger partial charge in [0.25, 0.3) is 10.0 Å². The Labute approximate surface area is 157 Å². The molecule has 0 aliphatic heterocycles. The van der Waals surface area contributed by atoms with Crippen LogP contribution in [0.1, 0.15) is 19.3 Å². The lowest BCUT2D eigenvalue weighted by Crippen LogP contribution is -2.46. The summed E-state index contributed by atoms with van der Waals surface area (Å²) in [6.07, 6.45) is 2.65. The molecule has 1 aromatic rings. The number of benzene rings is 1. The van der Waals surface area contributed by atoms with Gasteiger partial charge < -0.3 is 9.47 Å². The van der Waals surface area contributed by atoms with Crippen molar-refractivity contribution in [2.45, 2.75) is 30.2 Å². The number of methoxy groups -OCH3 is 2. The number of rotatable bonds is 7. The van der Waals surface area contributed by atoms with Crippen LogP contribution in [0.25, 0.3) is 0 Å². The van der Waals surface area contributed by atoms with Crippen LogP contribution in [0.15, 0.2) is 40.8 Å². The molecule has 0 bridgehead atoms. The van der Waals surface area contributed by atoms with E-state index in [4.69, 9.17) is 9.88 Å². The van der Waals surface area contributed by atoms with Gasteiger partial charge in [-0.2, -0.15) is 8.42 Å². The summed E-state index contributed by atoms with van der Waals surface area (Å²) in [5.41, 5.74) is -0.0236. The van der Waals surface area contributed by atoms with E-state index in [0.717, 1.165) is 7.11 Å². The Morgan fingerprint density at radius 1 is 1.15 bits per heavy atom. The highest BCUT2D eigenvalue weighted by atomic mass is 32.2. The Morgan fingerprint density at radius 2 is 1.78 bits per heavy atom. The van der Waals surface area contributed by atoms with Gasteiger partial charge in [-0.1, -0.05) is 10.5 Å². The lowest BCUT2D eigenvalue weighted by atomic mass is 9.95. The average Bonchev–Trinajstić information content (AvgIpc) is 2.64. The van der Waals surface area contributed by atoms with Crippen molar-refractivity contribution in [2.24, 2.45) is 5.14 Å². The number of hydroxylamine groups is 1. The summed E-state index contributed by atoms with van der Waals surface area (Å²) in [7, 11) is -6.63. The highest BCUT2D eigenvalue weighted by Gasteiger charge is 2.40. The molecule has 0 aromatic heterocycles. The molecule has 0 saturated heterocycles. The van der Waals surface area contributed by atoms with Crippen molar-refractivity contribution in [3.63, 3.8) is 0 Å². The van der Waals surface area contributed by atoms with Gasteiger partial charge in [0.2, 0.25) is 0 Å². The number of esters is 1. The van der Waals surface area contributed by atoms with Gasteiger partial charge in [-0.15, -0.1) is 4.28 Å². The third-order valence-corrected chi connectivity index (χ3v) is 5.99. The van der Waals surface area contributed by atoms with Crippen LogP contribution in [-0.4, -0.2) is 47.5 Å². The fraction of sp³-hybridized carbons (Fsp3) is 0.400. The van der Waals surface area contributed by atoms with Gasteiger partial charge in [0.1, 0.15) is 5.75 Å². The Kier molecular flexibility index (Phi) is 6.59. The smallest absolute Gasteiger partial charge is 0.350 e. The first-order chi connectivity index (χ1) is 12.6. The Morgan fingerprint density at radius 3 is 2.30 bits per heavy atom. The molecule has 0 radical (unpaired) electrons. The van der Waals surface area contributed by atoms with Gasteiger partial charge in [0, 0.05) is 0 Å². The van der Waals surface area contributed by atoms with Crippen molar-refractivity contribution in [3.8, 4) is 5.75 Å². The van der Waals surface area contributed by atoms with Crippen molar-refractivity contribution >= 4 is 26.3 Å². The Hall–Kier alpha value is -1.99. The zero-order chi connectivity index (χ0) is 20.2. The fourth-order valence-electron chi connectivity index (χ4n) is 2.63.